The fourth-order valence-corrected chi connectivity index (χ4v) is 7.06. The van der Waals surface area contributed by atoms with E-state index in [1.165, 1.54) is 11.0 Å². The standard InChI is InChI=1S/C38H60N10O7/c1-4-20-55-38(54)46-28(22-24-14-16-26(39)17-15-24)34(51)47-31(25-10-6-5-7-11-25)35(52)44-27(12-8-18-43-37(41)42)33(50)45-29(21-23(2)3)36(53)48-19-9-13-30(48)32(40)49/h4,14-17,23,25,27-31H,1,5-13,18-22,39H2,2-3H3,(H2,40,49)(H,44,52)(H,45,50)(H,46,54)(H,47,51)(H4,41,42,43)/t27-,28-,29-,30-,31-/m0/s1. The van der Waals surface area contributed by atoms with Gasteiger partial charge in [0.15, 0.2) is 5.96 Å². The number of rotatable bonds is 20. The molecule has 2 aliphatic rings. The van der Waals surface area contributed by atoms with E-state index in [0.29, 0.717) is 49.9 Å². The molecule has 0 spiro atoms. The largest absolute Gasteiger partial charge is 0.445 e. The minimum atomic E-state index is -1.14. The van der Waals surface area contributed by atoms with Crippen molar-refractivity contribution in [3.05, 3.63) is 42.5 Å². The van der Waals surface area contributed by atoms with Crippen molar-refractivity contribution in [3.8, 4) is 0 Å². The Morgan fingerprint density at radius 1 is 0.873 bits per heavy atom. The average molecular weight is 769 g/mol. The molecule has 0 unspecified atom stereocenters. The molecule has 1 saturated carbocycles. The summed E-state index contributed by atoms with van der Waals surface area (Å²) < 4.78 is 5.09. The highest BCUT2D eigenvalue weighted by Gasteiger charge is 2.39. The number of alkyl carbamates (subject to hydrolysis) is 1. The number of aliphatic imine (C=N–C) groups is 1. The first-order valence-electron chi connectivity index (χ1n) is 19.1. The van der Waals surface area contributed by atoms with Crippen molar-refractivity contribution in [3.63, 3.8) is 0 Å². The number of nitrogen functional groups attached to an aromatic ring is 1. The summed E-state index contributed by atoms with van der Waals surface area (Å²) in [6.45, 7) is 7.78. The molecule has 0 radical (unpaired) electrons. The molecule has 1 saturated heterocycles. The van der Waals surface area contributed by atoms with Crippen molar-refractivity contribution < 1.29 is 33.5 Å². The molecule has 1 heterocycles. The lowest BCUT2D eigenvalue weighted by molar-refractivity contribution is -0.141. The second kappa shape index (κ2) is 22.1. The molecule has 1 aromatic rings. The topological polar surface area (TPSA) is 279 Å². The lowest BCUT2D eigenvalue weighted by atomic mass is 9.83. The zero-order valence-corrected chi connectivity index (χ0v) is 32.1. The minimum Gasteiger partial charge on any atom is -0.445 e. The highest BCUT2D eigenvalue weighted by atomic mass is 16.5. The Hall–Kier alpha value is -5.35. The Labute approximate surface area is 323 Å². The number of benzene rings is 1. The number of guanidine groups is 1. The van der Waals surface area contributed by atoms with E-state index in [4.69, 9.17) is 27.7 Å². The summed E-state index contributed by atoms with van der Waals surface area (Å²) in [4.78, 5) is 86.3. The van der Waals surface area contributed by atoms with Gasteiger partial charge < -0.3 is 53.8 Å². The molecule has 0 bridgehead atoms. The maximum absolute atomic E-state index is 14.3. The Morgan fingerprint density at radius 3 is 2.15 bits per heavy atom. The van der Waals surface area contributed by atoms with Crippen LogP contribution in [0.2, 0.25) is 0 Å². The molecule has 5 atom stereocenters. The third kappa shape index (κ3) is 14.4. The zero-order valence-electron chi connectivity index (χ0n) is 32.1. The number of ether oxygens (including phenoxy) is 1. The summed E-state index contributed by atoms with van der Waals surface area (Å²) in [5.41, 5.74) is 23.7. The summed E-state index contributed by atoms with van der Waals surface area (Å²) in [6, 6.07) is 1.74. The SMILES string of the molecule is C=CCOC(=O)N[C@@H](Cc1ccc(N)cc1)C(=O)N[C@H](C(=O)N[C@@H](CCCN=C(N)N)C(=O)N[C@@H](CC(C)C)C(=O)N1CCC[C@H]1C(N)=O)C1CCCCC1. The van der Waals surface area contributed by atoms with Crippen LogP contribution >= 0.6 is 0 Å². The van der Waals surface area contributed by atoms with E-state index in [9.17, 15) is 28.8 Å². The van der Waals surface area contributed by atoms with Crippen LogP contribution in [0.25, 0.3) is 0 Å². The summed E-state index contributed by atoms with van der Waals surface area (Å²) in [6.07, 6.45) is 6.32. The third-order valence-corrected chi connectivity index (χ3v) is 9.83. The van der Waals surface area contributed by atoms with Crippen molar-refractivity contribution in [1.29, 1.82) is 0 Å². The van der Waals surface area contributed by atoms with Crippen molar-refractivity contribution in [2.45, 2.75) is 115 Å². The van der Waals surface area contributed by atoms with Gasteiger partial charge in [-0.2, -0.15) is 0 Å². The van der Waals surface area contributed by atoms with Crippen LogP contribution in [0.5, 0.6) is 0 Å². The maximum atomic E-state index is 14.3. The predicted molar refractivity (Wildman–Crippen MR) is 209 cm³/mol. The van der Waals surface area contributed by atoms with Crippen LogP contribution < -0.4 is 44.2 Å². The Bertz CT molecular complexity index is 1510. The number of hydrogen-bond donors (Lipinski definition) is 8. The predicted octanol–water partition coefficient (Wildman–Crippen LogP) is 0.703. The van der Waals surface area contributed by atoms with Gasteiger partial charge in [-0.25, -0.2) is 4.79 Å². The van der Waals surface area contributed by atoms with Gasteiger partial charge in [-0.15, -0.1) is 0 Å². The number of nitrogens with zero attached hydrogens (tertiary/aromatic N) is 2. The number of primary amides is 1. The number of nitrogens with one attached hydrogen (secondary N) is 4. The Balaban J connectivity index is 1.89. The van der Waals surface area contributed by atoms with E-state index < -0.39 is 65.8 Å². The molecule has 1 aromatic carbocycles. The van der Waals surface area contributed by atoms with Gasteiger partial charge in [-0.05, 0) is 74.5 Å². The molecule has 1 aliphatic carbocycles. The van der Waals surface area contributed by atoms with Gasteiger partial charge in [0.05, 0.1) is 0 Å². The molecule has 1 aliphatic heterocycles. The van der Waals surface area contributed by atoms with Crippen LogP contribution in [-0.4, -0.2) is 96.4 Å². The molecule has 2 fully saturated rings. The van der Waals surface area contributed by atoms with Crippen LogP contribution in [0, 0.1) is 11.8 Å². The fraction of sp³-hybridized carbons (Fsp3) is 0.605. The van der Waals surface area contributed by atoms with Gasteiger partial charge >= 0.3 is 6.09 Å². The second-order valence-electron chi connectivity index (χ2n) is 14.7. The van der Waals surface area contributed by atoms with Gasteiger partial charge in [-0.3, -0.25) is 29.0 Å². The number of likely N-dealkylation sites (tertiary alicyclic amines) is 1. The summed E-state index contributed by atoms with van der Waals surface area (Å²) in [5.74, 6) is -3.26. The first kappa shape index (κ1) is 44.0. The molecule has 0 aromatic heterocycles. The van der Waals surface area contributed by atoms with Crippen molar-refractivity contribution in [2.24, 2.45) is 34.0 Å². The molecule has 304 valence electrons. The van der Waals surface area contributed by atoms with Crippen molar-refractivity contribution in [1.82, 2.24) is 26.2 Å². The van der Waals surface area contributed by atoms with Gasteiger partial charge in [-0.1, -0.05) is 57.9 Å². The van der Waals surface area contributed by atoms with Crippen LogP contribution in [0.1, 0.15) is 83.6 Å². The monoisotopic (exact) mass is 768 g/mol. The summed E-state index contributed by atoms with van der Waals surface area (Å²) >= 11 is 0. The van der Waals surface area contributed by atoms with E-state index >= 15 is 0 Å². The molecule has 3 rings (SSSR count). The average Bonchev–Trinajstić information content (AvgIpc) is 3.65. The van der Waals surface area contributed by atoms with Crippen molar-refractivity contribution in [2.75, 3.05) is 25.4 Å². The molecular weight excluding hydrogens is 708 g/mol. The summed E-state index contributed by atoms with van der Waals surface area (Å²) in [7, 11) is 0. The lowest BCUT2D eigenvalue weighted by Gasteiger charge is -2.33. The first-order valence-corrected chi connectivity index (χ1v) is 19.1. The third-order valence-electron chi connectivity index (χ3n) is 9.83. The number of carbonyl (C=O) groups excluding carboxylic acids is 6. The van der Waals surface area contributed by atoms with E-state index in [1.807, 2.05) is 13.8 Å². The van der Waals surface area contributed by atoms with Crippen LogP contribution in [-0.2, 0) is 35.1 Å². The van der Waals surface area contributed by atoms with Gasteiger partial charge in [0.2, 0.25) is 29.5 Å². The van der Waals surface area contributed by atoms with E-state index in [-0.39, 0.29) is 50.2 Å². The molecular formula is C38H60N10O7. The van der Waals surface area contributed by atoms with E-state index in [2.05, 4.69) is 32.8 Å². The highest BCUT2D eigenvalue weighted by Crippen LogP contribution is 2.27. The zero-order chi connectivity index (χ0) is 40.5. The summed E-state index contributed by atoms with van der Waals surface area (Å²) in [5, 5.41) is 11.2. The smallest absolute Gasteiger partial charge is 0.408 e. The fourth-order valence-electron chi connectivity index (χ4n) is 7.06. The van der Waals surface area contributed by atoms with Crippen LogP contribution in [0.15, 0.2) is 41.9 Å². The molecule has 12 N–H and O–H groups in total. The van der Waals surface area contributed by atoms with Crippen molar-refractivity contribution >= 4 is 47.3 Å². The molecule has 17 heteroatoms. The van der Waals surface area contributed by atoms with Gasteiger partial charge in [0.1, 0.15) is 36.8 Å². The number of amides is 6. The van der Waals surface area contributed by atoms with Gasteiger partial charge in [0.25, 0.3) is 0 Å². The lowest BCUT2D eigenvalue weighted by Crippen LogP contribution is -2.60. The number of hydrogen-bond acceptors (Lipinski definition) is 9. The maximum Gasteiger partial charge on any atom is 0.408 e. The van der Waals surface area contributed by atoms with Gasteiger partial charge in [0, 0.05) is 25.2 Å². The normalized spacial score (nSPS) is 17.9. The first-order chi connectivity index (χ1) is 26.2. The van der Waals surface area contributed by atoms with E-state index in [1.54, 1.807) is 24.3 Å². The number of carbonyl (C=O) groups is 6. The minimum absolute atomic E-state index is 0.00599. The Morgan fingerprint density at radius 2 is 1.53 bits per heavy atom. The molecule has 17 nitrogen and oxygen atoms in total. The van der Waals surface area contributed by atoms with Crippen LogP contribution in [0.3, 0.4) is 0 Å². The molecule has 55 heavy (non-hydrogen) atoms. The van der Waals surface area contributed by atoms with E-state index in [0.717, 1.165) is 19.3 Å². The Kier molecular flexibility index (Phi) is 17.7. The molecule has 6 amide bonds. The quantitative estimate of drug-likeness (QED) is 0.0302. The number of nitrogens with two attached hydrogens (primary N) is 4. The number of anilines is 1. The highest BCUT2D eigenvalue weighted by molar-refractivity contribution is 5.96. The van der Waals surface area contributed by atoms with Crippen LogP contribution in [0.4, 0.5) is 10.5 Å². The second-order valence-corrected chi connectivity index (χ2v) is 14.7.